The summed E-state index contributed by atoms with van der Waals surface area (Å²) in [5, 5.41) is 10.4. The van der Waals surface area contributed by atoms with E-state index in [-0.39, 0.29) is 29.1 Å². The lowest BCUT2D eigenvalue weighted by atomic mass is 9.78. The quantitative estimate of drug-likeness (QED) is 0.682. The Balaban J connectivity index is 1.93. The van der Waals surface area contributed by atoms with Crippen molar-refractivity contribution in [3.8, 4) is 0 Å². The van der Waals surface area contributed by atoms with E-state index < -0.39 is 5.97 Å². The predicted molar refractivity (Wildman–Crippen MR) is 96.6 cm³/mol. The van der Waals surface area contributed by atoms with Crippen LogP contribution in [0.25, 0.3) is 0 Å². The molecule has 0 aromatic carbocycles. The zero-order chi connectivity index (χ0) is 17.9. The van der Waals surface area contributed by atoms with Gasteiger partial charge in [-0.3, -0.25) is 4.79 Å². The first-order chi connectivity index (χ1) is 11.3. The lowest BCUT2D eigenvalue weighted by molar-refractivity contribution is -0.129. The normalized spacial score (nSPS) is 19.8. The van der Waals surface area contributed by atoms with Gasteiger partial charge in [0.1, 0.15) is 0 Å². The fraction of sp³-hybridized carbons (Fsp3) is 0.688. The highest BCUT2D eigenvalue weighted by Crippen LogP contribution is 2.33. The van der Waals surface area contributed by atoms with Crippen molar-refractivity contribution < 1.29 is 14.7 Å². The Bertz CT molecular complexity index is 603. The van der Waals surface area contributed by atoms with Crippen LogP contribution in [0.15, 0.2) is 9.72 Å². The van der Waals surface area contributed by atoms with Crippen molar-refractivity contribution in [1.29, 1.82) is 0 Å². The first kappa shape index (κ1) is 19.2. The SMILES string of the molecule is CCC(C)(C)C(N)[C@H]1CCC(=O)N1CCSc1nc(C(=O)O)cs1. The van der Waals surface area contributed by atoms with Gasteiger partial charge in [-0.25, -0.2) is 9.78 Å². The van der Waals surface area contributed by atoms with Gasteiger partial charge >= 0.3 is 5.97 Å². The monoisotopic (exact) mass is 371 g/mol. The van der Waals surface area contributed by atoms with Crippen LogP contribution in [-0.4, -0.2) is 51.2 Å². The minimum Gasteiger partial charge on any atom is -0.476 e. The molecule has 1 saturated heterocycles. The van der Waals surface area contributed by atoms with Crippen LogP contribution in [0, 0.1) is 5.41 Å². The number of aromatic carboxylic acids is 1. The molecule has 0 aliphatic carbocycles. The average molecular weight is 372 g/mol. The summed E-state index contributed by atoms with van der Waals surface area (Å²) in [6, 6.07) is 0.0383. The molecule has 1 aliphatic heterocycles. The molecule has 24 heavy (non-hydrogen) atoms. The highest BCUT2D eigenvalue weighted by atomic mass is 32.2. The number of carboxylic acid groups (broad SMARTS) is 1. The van der Waals surface area contributed by atoms with E-state index in [0.29, 0.717) is 23.1 Å². The van der Waals surface area contributed by atoms with E-state index in [9.17, 15) is 9.59 Å². The number of hydrogen-bond acceptors (Lipinski definition) is 6. The Morgan fingerprint density at radius 1 is 1.62 bits per heavy atom. The summed E-state index contributed by atoms with van der Waals surface area (Å²) in [6.07, 6.45) is 2.34. The fourth-order valence-electron chi connectivity index (χ4n) is 2.83. The molecule has 1 aromatic heterocycles. The molecule has 1 aliphatic rings. The van der Waals surface area contributed by atoms with E-state index in [1.54, 1.807) is 0 Å². The number of thiazole rings is 1. The number of amides is 1. The third-order valence-electron chi connectivity index (χ3n) is 4.86. The zero-order valence-electron chi connectivity index (χ0n) is 14.3. The largest absolute Gasteiger partial charge is 0.476 e. The molecule has 6 nitrogen and oxygen atoms in total. The van der Waals surface area contributed by atoms with E-state index in [2.05, 4.69) is 25.8 Å². The van der Waals surface area contributed by atoms with Gasteiger partial charge < -0.3 is 15.7 Å². The van der Waals surface area contributed by atoms with Crippen LogP contribution in [0.1, 0.15) is 50.5 Å². The van der Waals surface area contributed by atoms with Crippen molar-refractivity contribution in [2.45, 2.75) is 56.5 Å². The number of carbonyl (C=O) groups excluding carboxylic acids is 1. The number of likely N-dealkylation sites (tertiary alicyclic amines) is 1. The van der Waals surface area contributed by atoms with Crippen LogP contribution < -0.4 is 5.73 Å². The van der Waals surface area contributed by atoms with E-state index in [1.165, 1.54) is 28.5 Å². The number of carbonyl (C=O) groups is 2. The van der Waals surface area contributed by atoms with E-state index in [1.807, 2.05) is 4.90 Å². The molecule has 2 heterocycles. The highest BCUT2D eigenvalue weighted by molar-refractivity contribution is 8.01. The maximum absolute atomic E-state index is 12.2. The maximum atomic E-state index is 12.2. The number of hydrogen-bond donors (Lipinski definition) is 2. The predicted octanol–water partition coefficient (Wildman–Crippen LogP) is 2.69. The summed E-state index contributed by atoms with van der Waals surface area (Å²) in [5.74, 6) is -0.164. The van der Waals surface area contributed by atoms with Crippen molar-refractivity contribution >= 4 is 35.0 Å². The van der Waals surface area contributed by atoms with Crippen LogP contribution in [-0.2, 0) is 4.79 Å². The Morgan fingerprint density at radius 3 is 2.92 bits per heavy atom. The van der Waals surface area contributed by atoms with Gasteiger partial charge in [0.05, 0.1) is 0 Å². The Kier molecular flexibility index (Phi) is 6.28. The number of nitrogens with two attached hydrogens (primary N) is 1. The standard InChI is InChI=1S/C16H25N3O3S2/c1-4-16(2,3)13(17)11-5-6-12(20)19(11)7-8-23-15-18-10(9-24-15)14(21)22/h9,11,13H,4-8,17H2,1-3H3,(H,21,22)/t11-,13?/m1/s1. The third-order valence-corrected chi connectivity index (χ3v) is 6.86. The second-order valence-corrected chi connectivity index (χ2v) is 8.91. The molecule has 3 N–H and O–H groups in total. The molecule has 1 aromatic rings. The number of rotatable bonds is 8. The first-order valence-electron chi connectivity index (χ1n) is 8.13. The van der Waals surface area contributed by atoms with Gasteiger partial charge in [-0.05, 0) is 18.3 Å². The molecule has 1 fully saturated rings. The van der Waals surface area contributed by atoms with Crippen molar-refractivity contribution in [2.75, 3.05) is 12.3 Å². The molecule has 1 unspecified atom stereocenters. The minimum atomic E-state index is -1.01. The van der Waals surface area contributed by atoms with Gasteiger partial charge in [0, 0.05) is 36.2 Å². The molecule has 0 saturated carbocycles. The molecule has 2 atom stereocenters. The number of thioether (sulfide) groups is 1. The second kappa shape index (κ2) is 7.84. The summed E-state index contributed by atoms with van der Waals surface area (Å²) in [6.45, 7) is 7.04. The molecule has 1 amide bonds. The Hall–Kier alpha value is -1.12. The lowest BCUT2D eigenvalue weighted by Gasteiger charge is -2.38. The van der Waals surface area contributed by atoms with Gasteiger partial charge in [0.2, 0.25) is 5.91 Å². The van der Waals surface area contributed by atoms with Gasteiger partial charge in [0.25, 0.3) is 0 Å². The van der Waals surface area contributed by atoms with Gasteiger partial charge in [-0.2, -0.15) is 0 Å². The van der Waals surface area contributed by atoms with Gasteiger partial charge in [-0.1, -0.05) is 32.5 Å². The van der Waals surface area contributed by atoms with E-state index in [4.69, 9.17) is 10.8 Å². The maximum Gasteiger partial charge on any atom is 0.355 e. The highest BCUT2D eigenvalue weighted by Gasteiger charge is 2.40. The molecular weight excluding hydrogens is 346 g/mol. The summed E-state index contributed by atoms with van der Waals surface area (Å²) in [4.78, 5) is 29.0. The topological polar surface area (TPSA) is 96.5 Å². The van der Waals surface area contributed by atoms with Crippen LogP contribution in [0.4, 0.5) is 0 Å². The summed E-state index contributed by atoms with van der Waals surface area (Å²) in [7, 11) is 0. The molecule has 8 heteroatoms. The third kappa shape index (κ3) is 4.29. The smallest absolute Gasteiger partial charge is 0.355 e. The van der Waals surface area contributed by atoms with Crippen LogP contribution in [0.2, 0.25) is 0 Å². The summed E-state index contributed by atoms with van der Waals surface area (Å²) < 4.78 is 0.716. The average Bonchev–Trinajstić information content (AvgIpc) is 3.14. The molecular formula is C16H25N3O3S2. The lowest BCUT2D eigenvalue weighted by Crippen LogP contribution is -2.53. The number of nitrogens with zero attached hydrogens (tertiary/aromatic N) is 2. The van der Waals surface area contributed by atoms with Crippen molar-refractivity contribution in [1.82, 2.24) is 9.88 Å². The van der Waals surface area contributed by atoms with Crippen molar-refractivity contribution in [2.24, 2.45) is 11.1 Å². The number of carboxylic acids is 1. The van der Waals surface area contributed by atoms with Crippen LogP contribution >= 0.6 is 23.1 Å². The van der Waals surface area contributed by atoms with Gasteiger partial charge in [0.15, 0.2) is 10.0 Å². The molecule has 134 valence electrons. The molecule has 0 spiro atoms. The van der Waals surface area contributed by atoms with E-state index in [0.717, 1.165) is 12.8 Å². The molecule has 0 radical (unpaired) electrons. The van der Waals surface area contributed by atoms with Crippen molar-refractivity contribution in [3.63, 3.8) is 0 Å². The van der Waals surface area contributed by atoms with Crippen molar-refractivity contribution in [3.05, 3.63) is 11.1 Å². The number of aromatic nitrogens is 1. The van der Waals surface area contributed by atoms with E-state index >= 15 is 0 Å². The Labute approximate surface area is 150 Å². The van der Waals surface area contributed by atoms with Crippen LogP contribution in [0.3, 0.4) is 0 Å². The minimum absolute atomic E-state index is 0.00756. The zero-order valence-corrected chi connectivity index (χ0v) is 16.0. The summed E-state index contributed by atoms with van der Waals surface area (Å²) >= 11 is 2.80. The van der Waals surface area contributed by atoms with Crippen LogP contribution in [0.5, 0.6) is 0 Å². The summed E-state index contributed by atoms with van der Waals surface area (Å²) in [5.41, 5.74) is 6.53. The first-order valence-corrected chi connectivity index (χ1v) is 9.99. The van der Waals surface area contributed by atoms with Gasteiger partial charge in [-0.15, -0.1) is 11.3 Å². The molecule has 0 bridgehead atoms. The molecule has 2 rings (SSSR count). The fourth-order valence-corrected chi connectivity index (χ4v) is 4.64. The second-order valence-electron chi connectivity index (χ2n) is 6.71. The Morgan fingerprint density at radius 2 is 2.33 bits per heavy atom.